The molecule has 1 N–H and O–H groups in total. The first kappa shape index (κ1) is 15.3. The second-order valence-corrected chi connectivity index (χ2v) is 7.84. The average Bonchev–Trinajstić information content (AvgIpc) is 2.56. The zero-order valence-electron chi connectivity index (χ0n) is 12.5. The van der Waals surface area contributed by atoms with Gasteiger partial charge in [-0.3, -0.25) is 0 Å². The highest BCUT2D eigenvalue weighted by Gasteiger charge is 2.16. The molecule has 0 bridgehead atoms. The third-order valence-corrected chi connectivity index (χ3v) is 5.06. The van der Waals surface area contributed by atoms with Crippen molar-refractivity contribution >= 4 is 15.5 Å². The maximum absolute atomic E-state index is 11.7. The number of hydrogen-bond donors (Lipinski definition) is 1. The average molecular weight is 296 g/mol. The van der Waals surface area contributed by atoms with Crippen LogP contribution in [0.1, 0.15) is 24.8 Å². The molecule has 1 fully saturated rings. The Kier molecular flexibility index (Phi) is 4.70. The molecule has 2 rings (SSSR count). The molecule has 1 unspecified atom stereocenters. The number of nitrogens with zero attached hydrogens (tertiary/aromatic N) is 1. The first-order valence-corrected chi connectivity index (χ1v) is 9.01. The highest BCUT2D eigenvalue weighted by atomic mass is 32.2. The standard InChI is InChI=1S/C15H24N2O2S/c1-12-6-7-14(20(3,18)19)11-15(12)16-13-5-4-9-17(2)10-8-13/h6-7,11,13,16H,4-5,8-10H2,1-3H3. The monoisotopic (exact) mass is 296 g/mol. The van der Waals surface area contributed by atoms with Gasteiger partial charge in [0, 0.05) is 18.0 Å². The summed E-state index contributed by atoms with van der Waals surface area (Å²) in [7, 11) is -0.996. The van der Waals surface area contributed by atoms with Crippen molar-refractivity contribution in [2.75, 3.05) is 31.7 Å². The normalized spacial score (nSPS) is 21.4. The van der Waals surface area contributed by atoms with Gasteiger partial charge in [-0.15, -0.1) is 0 Å². The van der Waals surface area contributed by atoms with Gasteiger partial charge in [-0.05, 0) is 64.0 Å². The minimum atomic E-state index is -3.15. The molecule has 0 saturated carbocycles. The molecule has 4 nitrogen and oxygen atoms in total. The van der Waals surface area contributed by atoms with Gasteiger partial charge >= 0.3 is 0 Å². The molecule has 5 heteroatoms. The molecular formula is C15H24N2O2S. The van der Waals surface area contributed by atoms with Crippen molar-refractivity contribution in [3.8, 4) is 0 Å². The molecule has 1 aliphatic rings. The van der Waals surface area contributed by atoms with Crippen molar-refractivity contribution in [2.45, 2.75) is 37.1 Å². The Hall–Kier alpha value is -1.07. The Morgan fingerprint density at radius 1 is 1.25 bits per heavy atom. The van der Waals surface area contributed by atoms with Crippen molar-refractivity contribution in [2.24, 2.45) is 0 Å². The number of hydrogen-bond acceptors (Lipinski definition) is 4. The molecule has 1 atom stereocenters. The molecule has 0 aliphatic carbocycles. The summed E-state index contributed by atoms with van der Waals surface area (Å²) in [6.07, 6.45) is 4.66. The predicted molar refractivity (Wildman–Crippen MR) is 83.0 cm³/mol. The Bertz CT molecular complexity index is 569. The first-order chi connectivity index (χ1) is 9.36. The maximum Gasteiger partial charge on any atom is 0.175 e. The summed E-state index contributed by atoms with van der Waals surface area (Å²) in [6.45, 7) is 4.24. The summed E-state index contributed by atoms with van der Waals surface area (Å²) in [5, 5.41) is 3.53. The van der Waals surface area contributed by atoms with Crippen LogP contribution in [0.3, 0.4) is 0 Å². The van der Waals surface area contributed by atoms with Crippen LogP contribution >= 0.6 is 0 Å². The number of likely N-dealkylation sites (tertiary alicyclic amines) is 1. The lowest BCUT2D eigenvalue weighted by Crippen LogP contribution is -2.23. The summed E-state index contributed by atoms with van der Waals surface area (Å²) < 4.78 is 23.3. The first-order valence-electron chi connectivity index (χ1n) is 7.12. The topological polar surface area (TPSA) is 49.4 Å². The van der Waals surface area contributed by atoms with Crippen LogP contribution in [-0.4, -0.2) is 45.8 Å². The van der Waals surface area contributed by atoms with E-state index in [0.717, 1.165) is 37.2 Å². The lowest BCUT2D eigenvalue weighted by molar-refractivity contribution is 0.348. The number of rotatable bonds is 3. The Morgan fingerprint density at radius 2 is 2.00 bits per heavy atom. The van der Waals surface area contributed by atoms with E-state index < -0.39 is 9.84 Å². The number of nitrogens with one attached hydrogen (secondary N) is 1. The van der Waals surface area contributed by atoms with Crippen LogP contribution in [0.15, 0.2) is 23.1 Å². The molecule has 1 aliphatic heterocycles. The van der Waals surface area contributed by atoms with Crippen molar-refractivity contribution in [3.05, 3.63) is 23.8 Å². The highest BCUT2D eigenvalue weighted by Crippen LogP contribution is 2.23. The summed E-state index contributed by atoms with van der Waals surface area (Å²) in [5.74, 6) is 0. The van der Waals surface area contributed by atoms with Crippen molar-refractivity contribution in [1.82, 2.24) is 4.90 Å². The van der Waals surface area contributed by atoms with Gasteiger partial charge in [0.05, 0.1) is 4.90 Å². The Balaban J connectivity index is 2.16. The second kappa shape index (κ2) is 6.14. The van der Waals surface area contributed by atoms with E-state index in [1.54, 1.807) is 12.1 Å². The van der Waals surface area contributed by atoms with Gasteiger partial charge in [0.25, 0.3) is 0 Å². The van der Waals surface area contributed by atoms with Crippen LogP contribution in [0.5, 0.6) is 0 Å². The molecule has 0 radical (unpaired) electrons. The number of aryl methyl sites for hydroxylation is 1. The molecule has 1 aromatic carbocycles. The van der Waals surface area contributed by atoms with Crippen molar-refractivity contribution < 1.29 is 8.42 Å². The van der Waals surface area contributed by atoms with E-state index in [9.17, 15) is 8.42 Å². The van der Waals surface area contributed by atoms with Gasteiger partial charge in [0.2, 0.25) is 0 Å². The summed E-state index contributed by atoms with van der Waals surface area (Å²) >= 11 is 0. The fraction of sp³-hybridized carbons (Fsp3) is 0.600. The van der Waals surface area contributed by atoms with E-state index in [-0.39, 0.29) is 0 Å². The third kappa shape index (κ3) is 3.96. The van der Waals surface area contributed by atoms with E-state index in [4.69, 9.17) is 0 Å². The molecule has 0 spiro atoms. The molecule has 1 saturated heterocycles. The molecule has 0 amide bonds. The molecule has 112 valence electrons. The minimum Gasteiger partial charge on any atom is -0.382 e. The minimum absolute atomic E-state index is 0.385. The van der Waals surface area contributed by atoms with Crippen molar-refractivity contribution in [3.63, 3.8) is 0 Å². The molecular weight excluding hydrogens is 272 g/mol. The number of benzene rings is 1. The van der Waals surface area contributed by atoms with Crippen LogP contribution in [0.25, 0.3) is 0 Å². The summed E-state index contributed by atoms with van der Waals surface area (Å²) in [4.78, 5) is 2.73. The molecule has 1 aromatic rings. The largest absolute Gasteiger partial charge is 0.382 e. The molecule has 0 aromatic heterocycles. The van der Waals surface area contributed by atoms with Gasteiger partial charge < -0.3 is 10.2 Å². The van der Waals surface area contributed by atoms with Crippen LogP contribution in [0.2, 0.25) is 0 Å². The van der Waals surface area contributed by atoms with E-state index >= 15 is 0 Å². The van der Waals surface area contributed by atoms with Gasteiger partial charge in [-0.1, -0.05) is 6.07 Å². The van der Waals surface area contributed by atoms with Crippen LogP contribution < -0.4 is 5.32 Å². The number of sulfone groups is 1. The van der Waals surface area contributed by atoms with E-state index in [1.807, 2.05) is 13.0 Å². The third-order valence-electron chi connectivity index (χ3n) is 3.95. The van der Waals surface area contributed by atoms with E-state index in [1.165, 1.54) is 12.7 Å². The quantitative estimate of drug-likeness (QED) is 0.930. The fourth-order valence-corrected chi connectivity index (χ4v) is 3.24. The lowest BCUT2D eigenvalue weighted by Gasteiger charge is -2.20. The van der Waals surface area contributed by atoms with Crippen LogP contribution in [-0.2, 0) is 9.84 Å². The number of anilines is 1. The van der Waals surface area contributed by atoms with Crippen molar-refractivity contribution in [1.29, 1.82) is 0 Å². The zero-order chi connectivity index (χ0) is 14.8. The SMILES string of the molecule is Cc1ccc(S(C)(=O)=O)cc1NC1CCCN(C)CC1. The molecule has 1 heterocycles. The smallest absolute Gasteiger partial charge is 0.175 e. The molecule has 20 heavy (non-hydrogen) atoms. The van der Waals surface area contributed by atoms with E-state index in [0.29, 0.717) is 10.9 Å². The maximum atomic E-state index is 11.7. The summed E-state index contributed by atoms with van der Waals surface area (Å²) in [5.41, 5.74) is 2.04. The van der Waals surface area contributed by atoms with Gasteiger partial charge in [0.1, 0.15) is 0 Å². The van der Waals surface area contributed by atoms with E-state index in [2.05, 4.69) is 17.3 Å². The zero-order valence-corrected chi connectivity index (χ0v) is 13.3. The van der Waals surface area contributed by atoms with Gasteiger partial charge in [0.15, 0.2) is 9.84 Å². The van der Waals surface area contributed by atoms with Gasteiger partial charge in [-0.25, -0.2) is 8.42 Å². The van der Waals surface area contributed by atoms with Gasteiger partial charge in [-0.2, -0.15) is 0 Å². The Labute approximate surface area is 122 Å². The second-order valence-electron chi connectivity index (χ2n) is 5.82. The highest BCUT2D eigenvalue weighted by molar-refractivity contribution is 7.90. The van der Waals surface area contributed by atoms with Crippen LogP contribution in [0.4, 0.5) is 5.69 Å². The Morgan fingerprint density at radius 3 is 2.70 bits per heavy atom. The lowest BCUT2D eigenvalue weighted by atomic mass is 10.1. The predicted octanol–water partition coefficient (Wildman–Crippen LogP) is 2.29. The fourth-order valence-electron chi connectivity index (χ4n) is 2.59. The van der Waals surface area contributed by atoms with Crippen LogP contribution in [0, 0.1) is 6.92 Å². The summed E-state index contributed by atoms with van der Waals surface area (Å²) in [6, 6.07) is 5.74.